The number of nitrogens with two attached hydrogens (primary N) is 1. The van der Waals surface area contributed by atoms with E-state index in [0.717, 1.165) is 0 Å². The predicted octanol–water partition coefficient (Wildman–Crippen LogP) is 2.10. The minimum Gasteiger partial charge on any atom is -0.396 e. The highest BCUT2D eigenvalue weighted by Gasteiger charge is 2.13. The van der Waals surface area contributed by atoms with Crippen LogP contribution in [-0.4, -0.2) is 11.9 Å². The second-order valence-corrected chi connectivity index (χ2v) is 3.60. The van der Waals surface area contributed by atoms with Gasteiger partial charge in [0.15, 0.2) is 0 Å². The number of para-hydroxylation sites is 1. The van der Waals surface area contributed by atoms with Gasteiger partial charge in [-0.15, -0.1) is 6.58 Å². The molecule has 0 saturated carbocycles. The van der Waals surface area contributed by atoms with Crippen molar-refractivity contribution in [2.75, 3.05) is 5.73 Å². The highest BCUT2D eigenvalue weighted by atomic mass is 19.1. The van der Waals surface area contributed by atoms with Gasteiger partial charge < -0.3 is 11.1 Å². The van der Waals surface area contributed by atoms with Gasteiger partial charge in [-0.2, -0.15) is 0 Å². The van der Waals surface area contributed by atoms with Gasteiger partial charge in [-0.05, 0) is 25.5 Å². The Hall–Kier alpha value is -1.84. The Balaban J connectivity index is 2.81. The van der Waals surface area contributed by atoms with Crippen LogP contribution in [0.3, 0.4) is 0 Å². The third kappa shape index (κ3) is 2.82. The number of nitrogens with one attached hydrogen (secondary N) is 1. The van der Waals surface area contributed by atoms with E-state index in [9.17, 15) is 9.18 Å². The monoisotopic (exact) mass is 222 g/mol. The van der Waals surface area contributed by atoms with E-state index in [-0.39, 0.29) is 23.2 Å². The number of hydrogen-bond acceptors (Lipinski definition) is 2. The van der Waals surface area contributed by atoms with Crippen molar-refractivity contribution in [2.45, 2.75) is 19.4 Å². The quantitative estimate of drug-likeness (QED) is 0.605. The van der Waals surface area contributed by atoms with E-state index in [0.29, 0.717) is 6.42 Å². The van der Waals surface area contributed by atoms with Crippen molar-refractivity contribution < 1.29 is 9.18 Å². The molecule has 86 valence electrons. The normalized spacial score (nSPS) is 11.9. The number of benzene rings is 1. The fourth-order valence-electron chi connectivity index (χ4n) is 1.35. The van der Waals surface area contributed by atoms with Crippen LogP contribution in [0.25, 0.3) is 0 Å². The Morgan fingerprint density at radius 3 is 3.00 bits per heavy atom. The molecular formula is C12H15FN2O. The number of amides is 1. The lowest BCUT2D eigenvalue weighted by atomic mass is 10.1. The van der Waals surface area contributed by atoms with Crippen LogP contribution in [-0.2, 0) is 0 Å². The van der Waals surface area contributed by atoms with Crippen LogP contribution >= 0.6 is 0 Å². The maximum atomic E-state index is 13.1. The van der Waals surface area contributed by atoms with Crippen molar-refractivity contribution >= 4 is 11.6 Å². The molecule has 0 radical (unpaired) electrons. The SMILES string of the molecule is C=CCC(C)NC(=O)c1cccc(F)c1N. The molecule has 0 aliphatic heterocycles. The lowest BCUT2D eigenvalue weighted by Gasteiger charge is -2.12. The predicted molar refractivity (Wildman–Crippen MR) is 62.6 cm³/mol. The number of carbonyl (C=O) groups is 1. The molecule has 4 heteroatoms. The van der Waals surface area contributed by atoms with E-state index in [2.05, 4.69) is 11.9 Å². The number of nitrogen functional groups attached to an aromatic ring is 1. The summed E-state index contributed by atoms with van der Waals surface area (Å²) in [7, 11) is 0. The Bertz CT molecular complexity index is 404. The fourth-order valence-corrected chi connectivity index (χ4v) is 1.35. The van der Waals surface area contributed by atoms with Crippen LogP contribution in [0.5, 0.6) is 0 Å². The second kappa shape index (κ2) is 5.30. The molecule has 0 bridgehead atoms. The standard InChI is InChI=1S/C12H15FN2O/c1-3-5-8(2)15-12(16)9-6-4-7-10(13)11(9)14/h3-4,6-8H,1,5,14H2,2H3,(H,15,16). The summed E-state index contributed by atoms with van der Waals surface area (Å²) in [6.07, 6.45) is 2.36. The summed E-state index contributed by atoms with van der Waals surface area (Å²) in [5.74, 6) is -0.949. The van der Waals surface area contributed by atoms with Crippen molar-refractivity contribution in [1.82, 2.24) is 5.32 Å². The zero-order chi connectivity index (χ0) is 12.1. The molecule has 16 heavy (non-hydrogen) atoms. The summed E-state index contributed by atoms with van der Waals surface area (Å²) in [6, 6.07) is 4.12. The van der Waals surface area contributed by atoms with Gasteiger partial charge >= 0.3 is 0 Å². The summed E-state index contributed by atoms with van der Waals surface area (Å²) in [4.78, 5) is 11.7. The first-order valence-electron chi connectivity index (χ1n) is 5.02. The van der Waals surface area contributed by atoms with E-state index in [1.54, 1.807) is 6.08 Å². The van der Waals surface area contributed by atoms with Crippen molar-refractivity contribution in [3.63, 3.8) is 0 Å². The summed E-state index contributed by atoms with van der Waals surface area (Å²) in [5, 5.41) is 2.71. The molecule has 0 aliphatic carbocycles. The zero-order valence-electron chi connectivity index (χ0n) is 9.16. The maximum Gasteiger partial charge on any atom is 0.253 e. The van der Waals surface area contributed by atoms with Gasteiger partial charge in [-0.1, -0.05) is 12.1 Å². The summed E-state index contributed by atoms with van der Waals surface area (Å²) < 4.78 is 13.1. The molecule has 1 amide bonds. The van der Waals surface area contributed by atoms with E-state index >= 15 is 0 Å². The van der Waals surface area contributed by atoms with Gasteiger partial charge in [-0.3, -0.25) is 4.79 Å². The molecule has 0 fully saturated rings. The number of halogens is 1. The van der Waals surface area contributed by atoms with Crippen molar-refractivity contribution in [2.24, 2.45) is 0 Å². The first kappa shape index (κ1) is 12.2. The van der Waals surface area contributed by atoms with Crippen molar-refractivity contribution in [3.8, 4) is 0 Å². The zero-order valence-corrected chi connectivity index (χ0v) is 9.16. The molecule has 1 unspecified atom stereocenters. The van der Waals surface area contributed by atoms with Gasteiger partial charge in [0.1, 0.15) is 5.82 Å². The van der Waals surface area contributed by atoms with Crippen LogP contribution in [0.4, 0.5) is 10.1 Å². The molecule has 0 aliphatic rings. The van der Waals surface area contributed by atoms with Gasteiger partial charge in [0.2, 0.25) is 0 Å². The van der Waals surface area contributed by atoms with Gasteiger partial charge in [0, 0.05) is 6.04 Å². The minimum absolute atomic E-state index is 0.0485. The molecule has 0 spiro atoms. The average Bonchev–Trinajstić information content (AvgIpc) is 2.22. The van der Waals surface area contributed by atoms with Gasteiger partial charge in [0.25, 0.3) is 5.91 Å². The van der Waals surface area contributed by atoms with Crippen LogP contribution in [0, 0.1) is 5.82 Å². The molecule has 3 N–H and O–H groups in total. The molecule has 0 aromatic heterocycles. The lowest BCUT2D eigenvalue weighted by molar-refractivity contribution is 0.0941. The first-order chi connectivity index (χ1) is 7.56. The Morgan fingerprint density at radius 1 is 1.69 bits per heavy atom. The van der Waals surface area contributed by atoms with E-state index in [1.165, 1.54) is 18.2 Å². The Labute approximate surface area is 94.1 Å². The third-order valence-electron chi connectivity index (χ3n) is 2.20. The highest BCUT2D eigenvalue weighted by Crippen LogP contribution is 2.15. The fraction of sp³-hybridized carbons (Fsp3) is 0.250. The smallest absolute Gasteiger partial charge is 0.253 e. The third-order valence-corrected chi connectivity index (χ3v) is 2.20. The molecule has 1 rings (SSSR count). The summed E-state index contributed by atoms with van der Waals surface area (Å²) in [5.41, 5.74) is 5.52. The Morgan fingerprint density at radius 2 is 2.38 bits per heavy atom. The number of rotatable bonds is 4. The van der Waals surface area contributed by atoms with Crippen molar-refractivity contribution in [1.29, 1.82) is 0 Å². The number of carbonyl (C=O) groups excluding carboxylic acids is 1. The van der Waals surface area contributed by atoms with E-state index in [1.807, 2.05) is 6.92 Å². The van der Waals surface area contributed by atoms with Gasteiger partial charge in [-0.25, -0.2) is 4.39 Å². The molecule has 0 saturated heterocycles. The summed E-state index contributed by atoms with van der Waals surface area (Å²) in [6.45, 7) is 5.42. The average molecular weight is 222 g/mol. The minimum atomic E-state index is -0.580. The van der Waals surface area contributed by atoms with E-state index in [4.69, 9.17) is 5.73 Å². The molecule has 3 nitrogen and oxygen atoms in total. The molecule has 0 heterocycles. The number of hydrogen-bond donors (Lipinski definition) is 2. The van der Waals surface area contributed by atoms with Crippen LogP contribution in [0.2, 0.25) is 0 Å². The topological polar surface area (TPSA) is 55.1 Å². The molecule has 1 atom stereocenters. The lowest BCUT2D eigenvalue weighted by Crippen LogP contribution is -2.32. The molecule has 1 aromatic carbocycles. The molecular weight excluding hydrogens is 207 g/mol. The van der Waals surface area contributed by atoms with Gasteiger partial charge in [0.05, 0.1) is 11.3 Å². The van der Waals surface area contributed by atoms with Crippen LogP contribution in [0.15, 0.2) is 30.9 Å². The largest absolute Gasteiger partial charge is 0.396 e. The maximum absolute atomic E-state index is 13.1. The van der Waals surface area contributed by atoms with Crippen LogP contribution < -0.4 is 11.1 Å². The molecule has 1 aromatic rings. The highest BCUT2D eigenvalue weighted by molar-refractivity contribution is 5.99. The van der Waals surface area contributed by atoms with Crippen molar-refractivity contribution in [3.05, 3.63) is 42.2 Å². The summed E-state index contributed by atoms with van der Waals surface area (Å²) >= 11 is 0. The Kier molecular flexibility index (Phi) is 4.05. The van der Waals surface area contributed by atoms with E-state index < -0.39 is 5.82 Å². The number of anilines is 1. The van der Waals surface area contributed by atoms with Crippen LogP contribution in [0.1, 0.15) is 23.7 Å². The second-order valence-electron chi connectivity index (χ2n) is 3.60. The first-order valence-corrected chi connectivity index (χ1v) is 5.02.